The van der Waals surface area contributed by atoms with Gasteiger partial charge < -0.3 is 10.0 Å². The maximum atomic E-state index is 12.6. The number of hydrogen-bond donors (Lipinski definition) is 1. The third-order valence-electron chi connectivity index (χ3n) is 3.39. The van der Waals surface area contributed by atoms with Crippen molar-refractivity contribution in [2.24, 2.45) is 0 Å². The number of aliphatic hydroxyl groups is 1. The number of aliphatic hydroxyl groups excluding tert-OH is 1. The normalized spacial score (nSPS) is 11.7. The Morgan fingerprint density at radius 3 is 2.43 bits per heavy atom. The molecule has 0 aliphatic heterocycles. The monoisotopic (exact) mass is 362 g/mol. The number of benzene rings is 1. The van der Waals surface area contributed by atoms with Gasteiger partial charge in [-0.25, -0.2) is 12.7 Å². The van der Waals surface area contributed by atoms with E-state index in [0.29, 0.717) is 6.54 Å². The minimum Gasteiger partial charge on any atom is -0.395 e. The van der Waals surface area contributed by atoms with E-state index in [-0.39, 0.29) is 34.5 Å². The van der Waals surface area contributed by atoms with Crippen molar-refractivity contribution in [1.29, 1.82) is 0 Å². The van der Waals surface area contributed by atoms with Gasteiger partial charge in [-0.3, -0.25) is 4.79 Å². The number of sulfonamides is 1. The summed E-state index contributed by atoms with van der Waals surface area (Å²) in [6.45, 7) is 2.50. The van der Waals surface area contributed by atoms with E-state index in [2.05, 4.69) is 0 Å². The van der Waals surface area contributed by atoms with Crippen molar-refractivity contribution in [3.8, 4) is 0 Å². The molecule has 23 heavy (non-hydrogen) atoms. The fourth-order valence-electron chi connectivity index (χ4n) is 1.99. The van der Waals surface area contributed by atoms with E-state index in [1.165, 1.54) is 37.2 Å². The molecule has 0 aliphatic carbocycles. The highest BCUT2D eigenvalue weighted by atomic mass is 35.5. The number of hydrogen-bond acceptors (Lipinski definition) is 4. The summed E-state index contributed by atoms with van der Waals surface area (Å²) in [6.07, 6.45) is 1.69. The standard InChI is InChI=1S/C15H23ClN2O4S/c1-4-5-8-18(9-10-19)15(20)13-11-12(6-7-14(13)16)23(21,22)17(2)3/h6-7,11,19H,4-5,8-10H2,1-3H3. The smallest absolute Gasteiger partial charge is 0.255 e. The third-order valence-corrected chi connectivity index (χ3v) is 5.53. The quantitative estimate of drug-likeness (QED) is 0.765. The lowest BCUT2D eigenvalue weighted by atomic mass is 10.2. The van der Waals surface area contributed by atoms with Crippen molar-refractivity contribution in [3.63, 3.8) is 0 Å². The molecule has 0 unspecified atom stereocenters. The SMILES string of the molecule is CCCCN(CCO)C(=O)c1cc(S(=O)(=O)N(C)C)ccc1Cl. The zero-order valence-electron chi connectivity index (χ0n) is 13.6. The first kappa shape index (κ1) is 19.9. The van der Waals surface area contributed by atoms with Crippen molar-refractivity contribution in [2.45, 2.75) is 24.7 Å². The molecule has 1 rings (SSSR count). The molecule has 1 amide bonds. The molecule has 0 bridgehead atoms. The Kier molecular flexibility index (Phi) is 7.47. The van der Waals surface area contributed by atoms with Gasteiger partial charge in [0, 0.05) is 27.2 Å². The number of carbonyl (C=O) groups excluding carboxylic acids is 1. The van der Waals surface area contributed by atoms with Crippen molar-refractivity contribution >= 4 is 27.5 Å². The van der Waals surface area contributed by atoms with E-state index in [1.54, 1.807) is 0 Å². The van der Waals surface area contributed by atoms with E-state index in [4.69, 9.17) is 16.7 Å². The van der Waals surface area contributed by atoms with Crippen LogP contribution in [0.4, 0.5) is 0 Å². The lowest BCUT2D eigenvalue weighted by Gasteiger charge is -2.22. The molecule has 0 saturated heterocycles. The van der Waals surface area contributed by atoms with Gasteiger partial charge in [0.2, 0.25) is 10.0 Å². The van der Waals surface area contributed by atoms with Crippen molar-refractivity contribution in [3.05, 3.63) is 28.8 Å². The van der Waals surface area contributed by atoms with Gasteiger partial charge in [0.1, 0.15) is 0 Å². The lowest BCUT2D eigenvalue weighted by molar-refractivity contribution is 0.0719. The fraction of sp³-hybridized carbons (Fsp3) is 0.533. The second kappa shape index (κ2) is 8.63. The van der Waals surface area contributed by atoms with Crippen LogP contribution in [0.2, 0.25) is 5.02 Å². The highest BCUT2D eigenvalue weighted by Gasteiger charge is 2.23. The summed E-state index contributed by atoms with van der Waals surface area (Å²) in [5.74, 6) is -0.381. The first-order valence-electron chi connectivity index (χ1n) is 7.37. The van der Waals surface area contributed by atoms with E-state index in [9.17, 15) is 13.2 Å². The first-order chi connectivity index (χ1) is 10.8. The zero-order chi connectivity index (χ0) is 17.6. The number of amides is 1. The van der Waals surface area contributed by atoms with Crippen LogP contribution in [0, 0.1) is 0 Å². The third kappa shape index (κ3) is 4.91. The highest BCUT2D eigenvalue weighted by Crippen LogP contribution is 2.23. The Morgan fingerprint density at radius 2 is 1.91 bits per heavy atom. The van der Waals surface area contributed by atoms with Gasteiger partial charge in [0.15, 0.2) is 0 Å². The van der Waals surface area contributed by atoms with Crippen LogP contribution < -0.4 is 0 Å². The van der Waals surface area contributed by atoms with Gasteiger partial charge in [-0.15, -0.1) is 0 Å². The van der Waals surface area contributed by atoms with Gasteiger partial charge in [0.05, 0.1) is 22.1 Å². The average Bonchev–Trinajstić information content (AvgIpc) is 2.50. The Morgan fingerprint density at radius 1 is 1.26 bits per heavy atom. The predicted molar refractivity (Wildman–Crippen MR) is 90.2 cm³/mol. The van der Waals surface area contributed by atoms with Gasteiger partial charge >= 0.3 is 0 Å². The molecular formula is C15H23ClN2O4S. The largest absolute Gasteiger partial charge is 0.395 e. The summed E-state index contributed by atoms with van der Waals surface area (Å²) < 4.78 is 25.5. The lowest BCUT2D eigenvalue weighted by Crippen LogP contribution is -2.34. The van der Waals surface area contributed by atoms with Crippen LogP contribution in [0.5, 0.6) is 0 Å². The molecule has 1 N–H and O–H groups in total. The predicted octanol–water partition coefficient (Wildman–Crippen LogP) is 1.82. The molecule has 0 radical (unpaired) electrons. The molecule has 0 heterocycles. The number of halogens is 1. The van der Waals surface area contributed by atoms with Crippen molar-refractivity contribution < 1.29 is 18.3 Å². The summed E-state index contributed by atoms with van der Waals surface area (Å²) in [7, 11) is -0.807. The minimum atomic E-state index is -3.65. The van der Waals surface area contributed by atoms with Crippen molar-refractivity contribution in [2.75, 3.05) is 33.8 Å². The van der Waals surface area contributed by atoms with Crippen LogP contribution in [0.25, 0.3) is 0 Å². The highest BCUT2D eigenvalue weighted by molar-refractivity contribution is 7.89. The van der Waals surface area contributed by atoms with E-state index in [1.807, 2.05) is 6.92 Å². The second-order valence-corrected chi connectivity index (χ2v) is 7.86. The number of nitrogens with zero attached hydrogens (tertiary/aromatic N) is 2. The first-order valence-corrected chi connectivity index (χ1v) is 9.19. The molecule has 1 aromatic carbocycles. The van der Waals surface area contributed by atoms with Gasteiger partial charge in [-0.1, -0.05) is 24.9 Å². The van der Waals surface area contributed by atoms with Crippen LogP contribution in [0.1, 0.15) is 30.1 Å². The number of unbranched alkanes of at least 4 members (excludes halogenated alkanes) is 1. The van der Waals surface area contributed by atoms with Crippen LogP contribution in [-0.4, -0.2) is 62.4 Å². The molecule has 1 aromatic rings. The molecule has 0 fully saturated rings. The molecule has 0 atom stereocenters. The Balaban J connectivity index is 3.22. The summed E-state index contributed by atoms with van der Waals surface area (Å²) in [5, 5.41) is 9.32. The minimum absolute atomic E-state index is 0.00897. The molecular weight excluding hydrogens is 340 g/mol. The van der Waals surface area contributed by atoms with Gasteiger partial charge in [-0.2, -0.15) is 0 Å². The van der Waals surface area contributed by atoms with Gasteiger partial charge in [-0.05, 0) is 24.6 Å². The van der Waals surface area contributed by atoms with E-state index < -0.39 is 10.0 Å². The molecule has 0 saturated carbocycles. The maximum absolute atomic E-state index is 12.6. The molecule has 0 aromatic heterocycles. The number of rotatable bonds is 8. The molecule has 0 spiro atoms. The van der Waals surface area contributed by atoms with Crippen LogP contribution in [0.3, 0.4) is 0 Å². The Labute approximate surface area is 142 Å². The molecule has 8 heteroatoms. The second-order valence-electron chi connectivity index (χ2n) is 5.30. The Hall–Kier alpha value is -1.15. The summed E-state index contributed by atoms with van der Waals surface area (Å²) >= 11 is 6.08. The molecule has 0 aliphatic rings. The van der Waals surface area contributed by atoms with Crippen LogP contribution in [-0.2, 0) is 10.0 Å². The molecule has 130 valence electrons. The Bertz CT molecular complexity index is 647. The zero-order valence-corrected chi connectivity index (χ0v) is 15.2. The van der Waals surface area contributed by atoms with E-state index >= 15 is 0 Å². The fourth-order valence-corrected chi connectivity index (χ4v) is 3.12. The summed E-state index contributed by atoms with van der Waals surface area (Å²) in [5.41, 5.74) is 0.124. The summed E-state index contributed by atoms with van der Waals surface area (Å²) in [6, 6.07) is 4.06. The molecule has 6 nitrogen and oxygen atoms in total. The van der Waals surface area contributed by atoms with Crippen molar-refractivity contribution in [1.82, 2.24) is 9.21 Å². The van der Waals surface area contributed by atoms with Crippen LogP contribution in [0.15, 0.2) is 23.1 Å². The number of carbonyl (C=O) groups is 1. The van der Waals surface area contributed by atoms with Crippen LogP contribution >= 0.6 is 11.6 Å². The van der Waals surface area contributed by atoms with Gasteiger partial charge in [0.25, 0.3) is 5.91 Å². The summed E-state index contributed by atoms with van der Waals surface area (Å²) in [4.78, 5) is 14.1. The topological polar surface area (TPSA) is 77.9 Å². The van der Waals surface area contributed by atoms with E-state index in [0.717, 1.165) is 17.1 Å². The maximum Gasteiger partial charge on any atom is 0.255 e. The average molecular weight is 363 g/mol.